The van der Waals surface area contributed by atoms with Gasteiger partial charge in [-0.15, -0.1) is 113 Å². The van der Waals surface area contributed by atoms with E-state index in [2.05, 4.69) is 275 Å². The van der Waals surface area contributed by atoms with E-state index in [1.165, 1.54) is 272 Å². The summed E-state index contributed by atoms with van der Waals surface area (Å²) in [6, 6.07) is 55.8. The monoisotopic (exact) mass is 1850 g/mol. The van der Waals surface area contributed by atoms with E-state index in [1.807, 2.05) is 68.0 Å². The van der Waals surface area contributed by atoms with Gasteiger partial charge in [-0.25, -0.2) is 19.9 Å². The molecule has 0 fully saturated rings. The van der Waals surface area contributed by atoms with Crippen molar-refractivity contribution in [2.75, 3.05) is 0 Å². The zero-order valence-corrected chi connectivity index (χ0v) is 81.1. The molecule has 14 rings (SSSR count). The summed E-state index contributed by atoms with van der Waals surface area (Å²) in [5.74, 6) is 1.52. The highest BCUT2D eigenvalue weighted by atomic mass is 79.9. The molecule has 1 aliphatic rings. The van der Waals surface area contributed by atoms with Crippen molar-refractivity contribution in [3.8, 4) is 78.6 Å². The maximum absolute atomic E-state index is 5.48. The van der Waals surface area contributed by atoms with Crippen molar-refractivity contribution in [3.63, 3.8) is 0 Å². The van der Waals surface area contributed by atoms with Gasteiger partial charge in [-0.3, -0.25) is 0 Å². The van der Waals surface area contributed by atoms with Crippen LogP contribution in [0.4, 0.5) is 0 Å². The second-order valence-electron chi connectivity index (χ2n) is 30.8. The van der Waals surface area contributed by atoms with Crippen molar-refractivity contribution in [2.45, 2.75) is 267 Å². The first-order valence-electron chi connectivity index (χ1n) is 42.7. The Morgan fingerprint density at radius 2 is 0.649 bits per heavy atom. The number of hydrogen-bond acceptors (Lipinski definition) is 14. The van der Waals surface area contributed by atoms with E-state index in [0.29, 0.717) is 0 Å². The highest BCUT2D eigenvalue weighted by molar-refractivity contribution is 9.11. The Morgan fingerprint density at radius 3 is 1.00 bits per heavy atom. The van der Waals surface area contributed by atoms with Gasteiger partial charge in [0.15, 0.2) is 20.0 Å². The molecule has 13 aromatic rings. The number of unbranched alkanes of at least 4 members (excludes halogenated alkanes) is 14. The van der Waals surface area contributed by atoms with Crippen LogP contribution < -0.4 is 15.9 Å². The summed E-state index contributed by atoms with van der Waals surface area (Å²) < 4.78 is 2.34. The second kappa shape index (κ2) is 45.4. The molecule has 17 heteroatoms. The summed E-state index contributed by atoms with van der Waals surface area (Å²) in [7, 11) is -0.446. The number of thiophene rings is 6. The summed E-state index contributed by atoms with van der Waals surface area (Å²) in [4.78, 5) is 40.8. The van der Waals surface area contributed by atoms with Gasteiger partial charge in [0.05, 0.1) is 49.9 Å². The maximum Gasteiger partial charge on any atom is 0.153 e. The number of halogens is 2. The Labute approximate surface area is 741 Å². The van der Waals surface area contributed by atoms with Gasteiger partial charge >= 0.3 is 0 Å². The lowest BCUT2D eigenvalue weighted by Gasteiger charge is -2.37. The maximum atomic E-state index is 5.48. The van der Waals surface area contributed by atoms with E-state index >= 15 is 0 Å². The Bertz CT molecular complexity index is 4790. The van der Waals surface area contributed by atoms with E-state index in [0.717, 1.165) is 57.5 Å². The number of aryl methyl sites for hydroxylation is 6. The zero-order valence-electron chi connectivity index (χ0n) is 68.9. The van der Waals surface area contributed by atoms with E-state index in [1.54, 1.807) is 43.6 Å². The molecule has 3 aromatic carbocycles. The third kappa shape index (κ3) is 23.3. The van der Waals surface area contributed by atoms with Crippen LogP contribution >= 0.6 is 153 Å². The van der Waals surface area contributed by atoms with E-state index in [-0.39, 0.29) is 5.41 Å². The predicted octanol–water partition coefficient (Wildman–Crippen LogP) is 34.8. The Morgan fingerprint density at radius 1 is 0.307 bits per heavy atom. The van der Waals surface area contributed by atoms with E-state index in [9.17, 15) is 0 Å². The molecule has 0 bridgehead atoms. The van der Waals surface area contributed by atoms with Gasteiger partial charge in [0.1, 0.15) is 0 Å². The Balaban J connectivity index is 0.000000187. The lowest BCUT2D eigenvalue weighted by atomic mass is 9.65. The van der Waals surface area contributed by atoms with Crippen LogP contribution in [-0.2, 0) is 31.1 Å². The van der Waals surface area contributed by atoms with Gasteiger partial charge < -0.3 is 0 Å². The zero-order chi connectivity index (χ0) is 79.8. The highest BCUT2D eigenvalue weighted by Gasteiger charge is 2.48. The molecular formula is C97H117Br2N4PS10. The van der Waals surface area contributed by atoms with Crippen LogP contribution in [0.15, 0.2) is 159 Å². The molecule has 10 heterocycles. The van der Waals surface area contributed by atoms with Gasteiger partial charge in [-0.05, 0) is 217 Å². The van der Waals surface area contributed by atoms with Crippen LogP contribution in [0.1, 0.15) is 266 Å². The summed E-state index contributed by atoms with van der Waals surface area (Å²) in [5, 5.41) is 8.56. The quantitative estimate of drug-likeness (QED) is 0.0283. The average Bonchev–Trinajstić information content (AvgIpc) is 1.54. The first kappa shape index (κ1) is 89.0. The molecule has 0 N–H and O–H groups in total. The molecule has 114 heavy (non-hydrogen) atoms. The molecule has 0 aliphatic heterocycles. The highest BCUT2D eigenvalue weighted by Crippen LogP contribution is 2.63. The number of aromatic nitrogens is 4. The first-order chi connectivity index (χ1) is 55.8. The number of rotatable bonds is 42. The van der Waals surface area contributed by atoms with Crippen LogP contribution in [-0.4, -0.2) is 19.9 Å². The molecular weight excluding hydrogens is 1730 g/mol. The standard InChI is InChI=1S/C53H72N2S6.C26H30Br2N2S4.C18H15P/c1-9-15-19-21-25-41-49(44-28-27-35(7)56-44)60-51(54-41)52-55-42(26-22-20-16-10-2)50(61-52)45-30-29-43(58-45)46-32-40-48(59-46)47-39(31-36(8)57-47)53(40,33-37(13-5)23-17-11-3)34-38(14-6)24-18-12-4;1-3-5-7-9-11-17-23(19-13-15-21(27)31-19)33-25(29-17)26-30-18(12-10-8-6-4-2)24(34-26)20-14-16-22(28)32-20;1-4-10-16(11-5-1)19(17-12-6-2-7-13-17)18-14-8-3-9-15-18/h27-32,37-38H,9-26,33-34H2,1-8H3;13-16H,3-12H2,1-2H3;1-15H. The molecule has 4 nitrogen and oxygen atoms in total. The SMILES string of the molecule is CCCCCCc1nc(-c2nc(CCCCCC)c(-c3ccc(-c4cc5c(s4)-c4sc(C)cc4C5(CC(CC)CCCC)CC(CC)CCCC)s3)s2)sc1-c1ccc(C)s1.CCCCCCc1nc(-c2nc(CCCCCC)c(-c3ccc(Br)s3)s2)sc1-c1ccc(Br)s1.c1ccc(P(c2ccccc2)c2ccccc2)cc1. The smallest absolute Gasteiger partial charge is 0.153 e. The topological polar surface area (TPSA) is 51.6 Å². The summed E-state index contributed by atoms with van der Waals surface area (Å²) in [6.07, 6.45) is 37.4. The Kier molecular flexibility index (Phi) is 35.5. The van der Waals surface area contributed by atoms with Crippen LogP contribution in [0.5, 0.6) is 0 Å². The molecule has 0 spiro atoms. The largest absolute Gasteiger partial charge is 0.238 e. The van der Waals surface area contributed by atoms with Crippen molar-refractivity contribution in [1.82, 2.24) is 19.9 Å². The van der Waals surface area contributed by atoms with Gasteiger partial charge in [-0.2, -0.15) is 0 Å². The van der Waals surface area contributed by atoms with E-state index in [4.69, 9.17) is 19.9 Å². The minimum atomic E-state index is -0.446. The van der Waals surface area contributed by atoms with Crippen LogP contribution in [0.3, 0.4) is 0 Å². The van der Waals surface area contributed by atoms with Crippen LogP contribution in [0.2, 0.25) is 0 Å². The van der Waals surface area contributed by atoms with Crippen molar-refractivity contribution in [1.29, 1.82) is 0 Å². The molecule has 0 amide bonds. The number of thiazole rings is 4. The third-order valence-corrected chi connectivity index (χ3v) is 37.8. The molecule has 10 aromatic heterocycles. The first-order valence-corrected chi connectivity index (χ1v) is 53.8. The average molecular weight is 1850 g/mol. The van der Waals surface area contributed by atoms with Crippen molar-refractivity contribution < 1.29 is 0 Å². The molecule has 0 saturated heterocycles. The van der Waals surface area contributed by atoms with Gasteiger partial charge in [-0.1, -0.05) is 275 Å². The minimum Gasteiger partial charge on any atom is -0.238 e. The number of fused-ring (bicyclic) bond motifs is 3. The lowest BCUT2D eigenvalue weighted by molar-refractivity contribution is 0.266. The Hall–Kier alpha value is -4.23. The summed E-state index contributed by atoms with van der Waals surface area (Å²) in [5.41, 5.74) is 8.49. The lowest BCUT2D eigenvalue weighted by Crippen LogP contribution is -2.31. The number of benzene rings is 3. The molecule has 0 saturated carbocycles. The van der Waals surface area contributed by atoms with Crippen LogP contribution in [0.25, 0.3) is 78.6 Å². The van der Waals surface area contributed by atoms with Crippen molar-refractivity contribution in [2.24, 2.45) is 11.8 Å². The number of hydrogen-bond donors (Lipinski definition) is 0. The van der Waals surface area contributed by atoms with Gasteiger partial charge in [0.2, 0.25) is 0 Å². The molecule has 1 aliphatic carbocycles. The van der Waals surface area contributed by atoms with Gasteiger partial charge in [0, 0.05) is 54.2 Å². The van der Waals surface area contributed by atoms with Crippen LogP contribution in [0, 0.1) is 25.7 Å². The van der Waals surface area contributed by atoms with Crippen molar-refractivity contribution >= 4 is 169 Å². The molecule has 2 unspecified atom stereocenters. The van der Waals surface area contributed by atoms with Gasteiger partial charge in [0.25, 0.3) is 0 Å². The third-order valence-electron chi connectivity index (χ3n) is 22.1. The fourth-order valence-electron chi connectivity index (χ4n) is 15.9. The fourth-order valence-corrected chi connectivity index (χ4v) is 30.5. The normalized spacial score (nSPS) is 13.7. The summed E-state index contributed by atoms with van der Waals surface area (Å²) in [6.45, 7) is 23.4. The second-order valence-corrected chi connectivity index (χ2v) is 46.6. The minimum absolute atomic E-state index is 0.120. The molecule has 0 radical (unpaired) electrons. The summed E-state index contributed by atoms with van der Waals surface area (Å²) >= 11 is 26.3. The number of nitrogens with zero attached hydrogens (tertiary/aromatic N) is 4. The van der Waals surface area contributed by atoms with Crippen molar-refractivity contribution in [3.05, 3.63) is 203 Å². The molecule has 604 valence electrons. The van der Waals surface area contributed by atoms with E-state index < -0.39 is 7.92 Å². The fraction of sp³-hybridized carbons (Fsp3) is 0.443. The predicted molar refractivity (Wildman–Crippen MR) is 524 cm³/mol. The molecule has 2 atom stereocenters.